The van der Waals surface area contributed by atoms with Crippen molar-refractivity contribution in [2.75, 3.05) is 0 Å². The van der Waals surface area contributed by atoms with Gasteiger partial charge >= 0.3 is 0 Å². The lowest BCUT2D eigenvalue weighted by molar-refractivity contribution is -0.122. The van der Waals surface area contributed by atoms with Gasteiger partial charge in [0.05, 0.1) is 17.8 Å². The fourth-order valence-electron chi connectivity index (χ4n) is 3.58. The molecule has 1 fully saturated rings. The lowest BCUT2D eigenvalue weighted by Gasteiger charge is -2.36. The molecule has 5 heteroatoms. The number of halogens is 2. The van der Waals surface area contributed by atoms with E-state index in [0.29, 0.717) is 12.8 Å². The molecule has 1 amide bonds. The van der Waals surface area contributed by atoms with Crippen LogP contribution >= 0.6 is 0 Å². The van der Waals surface area contributed by atoms with Crippen LogP contribution in [0.3, 0.4) is 0 Å². The zero-order valence-corrected chi connectivity index (χ0v) is 14.8. The van der Waals surface area contributed by atoms with Gasteiger partial charge in [-0.05, 0) is 43.4 Å². The number of benzene rings is 2. The van der Waals surface area contributed by atoms with Crippen LogP contribution < -0.4 is 5.32 Å². The largest absolute Gasteiger partial charge is 0.370 e. The van der Waals surface area contributed by atoms with Crippen molar-refractivity contribution in [2.24, 2.45) is 0 Å². The average molecular weight is 359 g/mol. The van der Waals surface area contributed by atoms with Crippen molar-refractivity contribution in [3.8, 4) is 0 Å². The Kier molecular flexibility index (Phi) is 5.99. The van der Waals surface area contributed by atoms with Crippen LogP contribution in [-0.2, 0) is 16.0 Å². The molecular weight excluding hydrogens is 336 g/mol. The highest BCUT2D eigenvalue weighted by atomic mass is 19.1. The second-order valence-corrected chi connectivity index (χ2v) is 6.78. The molecule has 0 radical (unpaired) electrons. The predicted molar refractivity (Wildman–Crippen MR) is 95.6 cm³/mol. The molecule has 3 rings (SSSR count). The van der Waals surface area contributed by atoms with Gasteiger partial charge in [-0.25, -0.2) is 8.78 Å². The number of nitrogens with one attached hydrogen (secondary N) is 1. The summed E-state index contributed by atoms with van der Waals surface area (Å²) in [7, 11) is 0. The molecule has 1 heterocycles. The molecule has 0 unspecified atom stereocenters. The van der Waals surface area contributed by atoms with Crippen LogP contribution in [-0.4, -0.2) is 18.1 Å². The van der Waals surface area contributed by atoms with Crippen molar-refractivity contribution in [3.63, 3.8) is 0 Å². The molecule has 0 aromatic heterocycles. The van der Waals surface area contributed by atoms with Gasteiger partial charge in [0.25, 0.3) is 0 Å². The Morgan fingerprint density at radius 2 is 1.77 bits per heavy atom. The molecule has 0 bridgehead atoms. The molecular formula is C21H23F2NO2. The summed E-state index contributed by atoms with van der Waals surface area (Å²) in [5, 5.41) is 2.88. The van der Waals surface area contributed by atoms with E-state index in [4.69, 9.17) is 4.74 Å². The fourth-order valence-corrected chi connectivity index (χ4v) is 3.58. The van der Waals surface area contributed by atoms with E-state index in [2.05, 4.69) is 5.32 Å². The highest BCUT2D eigenvalue weighted by Gasteiger charge is 2.33. The van der Waals surface area contributed by atoms with E-state index in [0.717, 1.165) is 12.8 Å². The maximum absolute atomic E-state index is 14.2. The first-order valence-electron chi connectivity index (χ1n) is 8.93. The molecule has 0 aliphatic carbocycles. The zero-order chi connectivity index (χ0) is 18.5. The molecule has 1 aliphatic heterocycles. The van der Waals surface area contributed by atoms with E-state index in [9.17, 15) is 13.6 Å². The number of amides is 1. The van der Waals surface area contributed by atoms with Gasteiger partial charge in [-0.3, -0.25) is 4.79 Å². The Hall–Kier alpha value is -2.27. The summed E-state index contributed by atoms with van der Waals surface area (Å²) >= 11 is 0. The Labute approximate surface area is 152 Å². The van der Waals surface area contributed by atoms with Crippen molar-refractivity contribution >= 4 is 5.91 Å². The second kappa shape index (κ2) is 8.41. The van der Waals surface area contributed by atoms with Crippen LogP contribution in [0.4, 0.5) is 8.78 Å². The first-order valence-corrected chi connectivity index (χ1v) is 8.93. The van der Waals surface area contributed by atoms with Gasteiger partial charge in [0.2, 0.25) is 5.91 Å². The van der Waals surface area contributed by atoms with Crippen molar-refractivity contribution in [2.45, 2.75) is 50.9 Å². The summed E-state index contributed by atoms with van der Waals surface area (Å²) in [6.45, 7) is 1.45. The highest BCUT2D eigenvalue weighted by molar-refractivity contribution is 5.73. The first-order chi connectivity index (χ1) is 12.5. The molecule has 3 atom stereocenters. The topological polar surface area (TPSA) is 38.3 Å². The number of rotatable bonds is 5. The highest BCUT2D eigenvalue weighted by Crippen LogP contribution is 2.35. The zero-order valence-electron chi connectivity index (χ0n) is 14.8. The quantitative estimate of drug-likeness (QED) is 0.863. The van der Waals surface area contributed by atoms with Crippen molar-refractivity contribution in [3.05, 3.63) is 71.3 Å². The summed E-state index contributed by atoms with van der Waals surface area (Å²) in [6.07, 6.45) is 1.66. The lowest BCUT2D eigenvalue weighted by Crippen LogP contribution is -2.42. The minimum Gasteiger partial charge on any atom is -0.370 e. The van der Waals surface area contributed by atoms with Gasteiger partial charge < -0.3 is 10.1 Å². The fraction of sp³-hybridized carbons (Fsp3) is 0.381. The Morgan fingerprint density at radius 3 is 2.42 bits per heavy atom. The van der Waals surface area contributed by atoms with Crippen molar-refractivity contribution < 1.29 is 18.3 Å². The van der Waals surface area contributed by atoms with Crippen LogP contribution in [0.2, 0.25) is 0 Å². The number of aryl methyl sites for hydroxylation is 1. The Balaban J connectivity index is 1.75. The monoisotopic (exact) mass is 359 g/mol. The van der Waals surface area contributed by atoms with Gasteiger partial charge in [0.15, 0.2) is 0 Å². The second-order valence-electron chi connectivity index (χ2n) is 6.78. The number of carbonyl (C=O) groups excluding carboxylic acids is 1. The summed E-state index contributed by atoms with van der Waals surface area (Å²) in [5.41, 5.74) is 1.14. The molecule has 138 valence electrons. The van der Waals surface area contributed by atoms with Gasteiger partial charge in [0.1, 0.15) is 11.6 Å². The van der Waals surface area contributed by atoms with E-state index in [1.807, 2.05) is 30.3 Å². The third-order valence-corrected chi connectivity index (χ3v) is 4.73. The first kappa shape index (κ1) is 18.5. The van der Waals surface area contributed by atoms with Gasteiger partial charge in [-0.1, -0.05) is 36.4 Å². The molecule has 2 aromatic carbocycles. The maximum atomic E-state index is 14.2. The van der Waals surface area contributed by atoms with Crippen molar-refractivity contribution in [1.82, 2.24) is 5.32 Å². The van der Waals surface area contributed by atoms with Gasteiger partial charge in [0, 0.05) is 13.0 Å². The molecule has 26 heavy (non-hydrogen) atoms. The number of carbonyl (C=O) groups is 1. The van der Waals surface area contributed by atoms with Gasteiger partial charge in [-0.15, -0.1) is 0 Å². The minimum atomic E-state index is -0.706. The summed E-state index contributed by atoms with van der Waals surface area (Å²) in [5.74, 6) is -1.37. The summed E-state index contributed by atoms with van der Waals surface area (Å²) in [6, 6.07) is 13.7. The molecule has 1 aliphatic rings. The van der Waals surface area contributed by atoms with Crippen LogP contribution in [0.5, 0.6) is 0 Å². The normalized spacial score (nSPS) is 22.8. The smallest absolute Gasteiger partial charge is 0.217 e. The lowest BCUT2D eigenvalue weighted by atomic mass is 9.91. The summed E-state index contributed by atoms with van der Waals surface area (Å²) in [4.78, 5) is 11.5. The van der Waals surface area contributed by atoms with Crippen LogP contribution in [0, 0.1) is 11.6 Å². The number of ether oxygens (including phenoxy) is 1. The predicted octanol–water partition coefficient (Wildman–Crippen LogP) is 4.32. The van der Waals surface area contributed by atoms with E-state index >= 15 is 0 Å². The third kappa shape index (κ3) is 4.67. The summed E-state index contributed by atoms with van der Waals surface area (Å²) < 4.78 is 34.4. The van der Waals surface area contributed by atoms with Crippen LogP contribution in [0.15, 0.2) is 48.5 Å². The van der Waals surface area contributed by atoms with Crippen LogP contribution in [0.25, 0.3) is 0 Å². The van der Waals surface area contributed by atoms with E-state index in [1.165, 1.54) is 30.7 Å². The maximum Gasteiger partial charge on any atom is 0.217 e. The van der Waals surface area contributed by atoms with Gasteiger partial charge in [-0.2, -0.15) is 0 Å². The van der Waals surface area contributed by atoms with E-state index < -0.39 is 17.7 Å². The Bertz CT molecular complexity index is 731. The van der Waals surface area contributed by atoms with Crippen LogP contribution in [0.1, 0.15) is 43.4 Å². The molecule has 3 nitrogen and oxygen atoms in total. The average Bonchev–Trinajstić information content (AvgIpc) is 2.60. The third-order valence-electron chi connectivity index (χ3n) is 4.73. The van der Waals surface area contributed by atoms with E-state index in [1.54, 1.807) is 0 Å². The SMILES string of the molecule is CC(=O)N[C@@H]1C[C@H](CCc2ccccc2)O[C@H](c2c(F)cccc2F)C1. The molecule has 0 spiro atoms. The number of hydrogen-bond acceptors (Lipinski definition) is 2. The standard InChI is InChI=1S/C21H23F2NO2/c1-14(25)24-16-12-17(11-10-15-6-3-2-4-7-15)26-20(13-16)21-18(22)8-5-9-19(21)23/h2-9,16-17,20H,10-13H2,1H3,(H,24,25)/t16-,17+,20+/m1/s1. The van der Waals surface area contributed by atoms with Crippen molar-refractivity contribution in [1.29, 1.82) is 0 Å². The molecule has 0 saturated carbocycles. The number of hydrogen-bond donors (Lipinski definition) is 1. The molecule has 1 saturated heterocycles. The molecule has 1 N–H and O–H groups in total. The minimum absolute atomic E-state index is 0.0488. The Morgan fingerprint density at radius 1 is 1.08 bits per heavy atom. The van der Waals surface area contributed by atoms with E-state index in [-0.39, 0.29) is 23.6 Å². The molecule has 2 aromatic rings.